The van der Waals surface area contributed by atoms with E-state index in [0.717, 1.165) is 32.6 Å². The lowest BCUT2D eigenvalue weighted by atomic mass is 9.53. The van der Waals surface area contributed by atoms with E-state index in [9.17, 15) is 4.79 Å². The van der Waals surface area contributed by atoms with Gasteiger partial charge in [-0.3, -0.25) is 4.79 Å². The summed E-state index contributed by atoms with van der Waals surface area (Å²) in [6.07, 6.45) is 5.09. The SMILES string of the molecule is C[C@H]1CCC[C@]2(C)C[C@H]3OC(=O)[C@H](C[NH+]4CC[NH+](Cc5ccccc5)CC4)[C@H]3[C@@H]3O[C@@]132. The van der Waals surface area contributed by atoms with Gasteiger partial charge in [0.2, 0.25) is 0 Å². The fourth-order valence-electron chi connectivity index (χ4n) is 8.00. The highest BCUT2D eigenvalue weighted by atomic mass is 16.6. The van der Waals surface area contributed by atoms with E-state index in [1.807, 2.05) is 0 Å². The van der Waals surface area contributed by atoms with Crippen LogP contribution in [0.4, 0.5) is 0 Å². The average molecular weight is 427 g/mol. The number of carbonyl (C=O) groups excluding carboxylic acids is 1. The van der Waals surface area contributed by atoms with E-state index >= 15 is 0 Å². The van der Waals surface area contributed by atoms with Crippen LogP contribution in [-0.2, 0) is 20.8 Å². The second-order valence-electron chi connectivity index (χ2n) is 11.4. The molecule has 1 aromatic rings. The molecule has 31 heavy (non-hydrogen) atoms. The highest BCUT2D eigenvalue weighted by molar-refractivity contribution is 5.76. The number of hydrogen-bond donors (Lipinski definition) is 2. The van der Waals surface area contributed by atoms with Crippen molar-refractivity contribution in [3.8, 4) is 0 Å². The summed E-state index contributed by atoms with van der Waals surface area (Å²) >= 11 is 0. The Balaban J connectivity index is 1.11. The Bertz CT molecular complexity index is 838. The molecule has 0 unspecified atom stereocenters. The van der Waals surface area contributed by atoms with Gasteiger partial charge in [-0.25, -0.2) is 0 Å². The number of nitrogens with one attached hydrogen (secondary N) is 2. The summed E-state index contributed by atoms with van der Waals surface area (Å²) in [6, 6.07) is 10.8. The van der Waals surface area contributed by atoms with E-state index in [1.165, 1.54) is 37.9 Å². The number of esters is 1. The van der Waals surface area contributed by atoms with Gasteiger partial charge in [0.15, 0.2) is 0 Å². The molecule has 1 aromatic carbocycles. The number of rotatable bonds is 4. The quantitative estimate of drug-likeness (QED) is 0.544. The smallest absolute Gasteiger partial charge is 0.315 e. The third-order valence-corrected chi connectivity index (χ3v) is 9.66. The average Bonchev–Trinajstić information content (AvgIpc) is 3.45. The van der Waals surface area contributed by atoms with Crippen molar-refractivity contribution in [2.75, 3.05) is 32.7 Å². The minimum absolute atomic E-state index is 0.0203. The van der Waals surface area contributed by atoms with Crippen molar-refractivity contribution >= 4 is 5.97 Å². The standard InChI is InChI=1S/C26H36N2O3/c1-18-7-6-10-25(2)15-21-22(23-26(18,25)31-23)20(24(29)30-21)17-28-13-11-27(12-14-28)16-19-8-4-3-5-9-19/h3-5,8-9,18,20-23H,6-7,10-17H2,1-2H3/p+2/t18-,20+,21+,22+,23-,25+,26-/m0/s1. The number of carbonyl (C=O) groups is 1. The molecule has 5 nitrogen and oxygen atoms in total. The maximum Gasteiger partial charge on any atom is 0.315 e. The van der Waals surface area contributed by atoms with Crippen LogP contribution in [0.15, 0.2) is 30.3 Å². The Hall–Kier alpha value is -1.43. The highest BCUT2D eigenvalue weighted by Crippen LogP contribution is 2.70. The van der Waals surface area contributed by atoms with Crippen LogP contribution in [0, 0.1) is 23.2 Å². The molecule has 3 heterocycles. The zero-order chi connectivity index (χ0) is 21.2. The molecule has 2 N–H and O–H groups in total. The minimum Gasteiger partial charge on any atom is -0.462 e. The van der Waals surface area contributed by atoms with Gasteiger partial charge >= 0.3 is 5.97 Å². The summed E-state index contributed by atoms with van der Waals surface area (Å²) in [5.41, 5.74) is 1.63. The highest BCUT2D eigenvalue weighted by Gasteiger charge is 2.78. The van der Waals surface area contributed by atoms with Gasteiger partial charge in [-0.1, -0.05) is 50.6 Å². The molecule has 1 spiro atoms. The summed E-state index contributed by atoms with van der Waals surface area (Å²) in [5.74, 6) is 0.968. The Labute approximate surface area is 186 Å². The van der Waals surface area contributed by atoms with E-state index in [-0.39, 0.29) is 41.0 Å². The Morgan fingerprint density at radius 3 is 2.61 bits per heavy atom. The number of piperazine rings is 1. The van der Waals surface area contributed by atoms with Crippen LogP contribution in [0.1, 0.15) is 45.1 Å². The van der Waals surface area contributed by atoms with Crippen molar-refractivity contribution in [2.24, 2.45) is 23.2 Å². The van der Waals surface area contributed by atoms with Crippen molar-refractivity contribution in [2.45, 2.75) is 63.9 Å². The lowest BCUT2D eigenvalue weighted by Gasteiger charge is -2.48. The first-order valence-corrected chi connectivity index (χ1v) is 12.6. The van der Waals surface area contributed by atoms with E-state index in [1.54, 1.807) is 9.80 Å². The van der Waals surface area contributed by atoms with Crippen molar-refractivity contribution in [3.63, 3.8) is 0 Å². The molecular formula is C26H38N2O3+2. The Morgan fingerprint density at radius 1 is 1.10 bits per heavy atom. The minimum atomic E-state index is 0.0203. The topological polar surface area (TPSA) is 47.7 Å². The normalized spacial score (nSPS) is 48.3. The lowest BCUT2D eigenvalue weighted by molar-refractivity contribution is -1.02. The number of quaternary nitrogens is 2. The third-order valence-electron chi connectivity index (χ3n) is 9.66. The second-order valence-corrected chi connectivity index (χ2v) is 11.4. The van der Waals surface area contributed by atoms with Crippen LogP contribution in [-0.4, -0.2) is 56.5 Å². The molecule has 0 radical (unpaired) electrons. The van der Waals surface area contributed by atoms with E-state index in [2.05, 4.69) is 44.2 Å². The van der Waals surface area contributed by atoms with Gasteiger partial charge in [0, 0.05) is 16.9 Å². The monoisotopic (exact) mass is 426 g/mol. The van der Waals surface area contributed by atoms with E-state index in [0.29, 0.717) is 5.92 Å². The van der Waals surface area contributed by atoms with Gasteiger partial charge in [-0.15, -0.1) is 0 Å². The van der Waals surface area contributed by atoms with Crippen LogP contribution in [0.5, 0.6) is 0 Å². The fraction of sp³-hybridized carbons (Fsp3) is 0.731. The van der Waals surface area contributed by atoms with Gasteiger partial charge < -0.3 is 19.3 Å². The van der Waals surface area contributed by atoms with Crippen molar-refractivity contribution in [3.05, 3.63) is 35.9 Å². The number of benzene rings is 1. The molecule has 0 aromatic heterocycles. The van der Waals surface area contributed by atoms with Gasteiger partial charge in [-0.05, 0) is 25.2 Å². The first kappa shape index (κ1) is 20.2. The van der Waals surface area contributed by atoms with Crippen LogP contribution >= 0.6 is 0 Å². The molecule has 5 aliphatic rings. The molecule has 0 amide bonds. The number of fused-ring (bicyclic) bond motifs is 2. The second kappa shape index (κ2) is 7.29. The van der Waals surface area contributed by atoms with Crippen molar-refractivity contribution < 1.29 is 24.1 Å². The van der Waals surface area contributed by atoms with Crippen molar-refractivity contribution in [1.29, 1.82) is 0 Å². The molecule has 5 heteroatoms. The van der Waals surface area contributed by atoms with Crippen LogP contribution < -0.4 is 9.80 Å². The molecule has 2 aliphatic carbocycles. The summed E-state index contributed by atoms with van der Waals surface area (Å²) in [5, 5.41) is 0. The molecule has 6 rings (SSSR count). The molecule has 168 valence electrons. The van der Waals surface area contributed by atoms with Crippen LogP contribution in [0.25, 0.3) is 0 Å². The Morgan fingerprint density at radius 2 is 1.84 bits per heavy atom. The number of epoxide rings is 1. The van der Waals surface area contributed by atoms with Gasteiger partial charge in [-0.2, -0.15) is 0 Å². The first-order chi connectivity index (χ1) is 15.0. The van der Waals surface area contributed by atoms with E-state index < -0.39 is 0 Å². The Kier molecular flexibility index (Phi) is 4.75. The van der Waals surface area contributed by atoms with Gasteiger partial charge in [0.1, 0.15) is 50.3 Å². The lowest BCUT2D eigenvalue weighted by Crippen LogP contribution is -3.27. The maximum atomic E-state index is 13.0. The zero-order valence-electron chi connectivity index (χ0n) is 19.1. The molecule has 5 fully saturated rings. The largest absolute Gasteiger partial charge is 0.462 e. The summed E-state index contributed by atoms with van der Waals surface area (Å²) < 4.78 is 12.6. The van der Waals surface area contributed by atoms with E-state index in [4.69, 9.17) is 9.47 Å². The molecule has 0 bridgehead atoms. The fourth-order valence-corrected chi connectivity index (χ4v) is 8.00. The van der Waals surface area contributed by atoms with Crippen molar-refractivity contribution in [1.82, 2.24) is 0 Å². The summed E-state index contributed by atoms with van der Waals surface area (Å²) in [4.78, 5) is 16.2. The van der Waals surface area contributed by atoms with Gasteiger partial charge in [0.25, 0.3) is 0 Å². The molecule has 7 atom stereocenters. The summed E-state index contributed by atoms with van der Waals surface area (Å²) in [7, 11) is 0. The predicted octanol–water partition coefficient (Wildman–Crippen LogP) is 0.495. The maximum absolute atomic E-state index is 13.0. The predicted molar refractivity (Wildman–Crippen MR) is 117 cm³/mol. The van der Waals surface area contributed by atoms with Gasteiger partial charge in [0.05, 0.1) is 12.6 Å². The molecule has 2 saturated carbocycles. The third kappa shape index (κ3) is 3.11. The molecular weight excluding hydrogens is 388 g/mol. The number of hydrogen-bond acceptors (Lipinski definition) is 3. The number of ether oxygens (including phenoxy) is 2. The van der Waals surface area contributed by atoms with Crippen LogP contribution in [0.3, 0.4) is 0 Å². The molecule has 3 aliphatic heterocycles. The van der Waals surface area contributed by atoms with Crippen LogP contribution in [0.2, 0.25) is 0 Å². The first-order valence-electron chi connectivity index (χ1n) is 12.6. The zero-order valence-corrected chi connectivity index (χ0v) is 19.1. The molecule has 3 saturated heterocycles. The summed E-state index contributed by atoms with van der Waals surface area (Å²) in [6.45, 7) is 11.5.